The van der Waals surface area contributed by atoms with E-state index in [9.17, 15) is 18.0 Å². The van der Waals surface area contributed by atoms with E-state index in [1.807, 2.05) is 6.92 Å². The summed E-state index contributed by atoms with van der Waals surface area (Å²) >= 11 is 0. The van der Waals surface area contributed by atoms with Crippen molar-refractivity contribution < 1.29 is 18.0 Å². The first-order chi connectivity index (χ1) is 14.7. The minimum absolute atomic E-state index is 0.117. The minimum atomic E-state index is -3.82. The van der Waals surface area contributed by atoms with E-state index < -0.39 is 15.9 Å². The fourth-order valence-corrected chi connectivity index (χ4v) is 4.48. The molecule has 0 saturated heterocycles. The van der Waals surface area contributed by atoms with Gasteiger partial charge in [-0.15, -0.1) is 0 Å². The maximum atomic E-state index is 13.2. The van der Waals surface area contributed by atoms with E-state index >= 15 is 0 Å². The molecule has 0 aromatic heterocycles. The molecule has 1 aliphatic heterocycles. The zero-order valence-corrected chi connectivity index (χ0v) is 17.9. The molecule has 3 aromatic carbocycles. The summed E-state index contributed by atoms with van der Waals surface area (Å²) in [5.41, 5.74) is 3.35. The number of aryl methyl sites for hydroxylation is 2. The largest absolute Gasteiger partial charge is 0.323 e. The molecule has 0 bridgehead atoms. The van der Waals surface area contributed by atoms with Gasteiger partial charge in [-0.25, -0.2) is 8.42 Å². The van der Waals surface area contributed by atoms with E-state index in [1.54, 1.807) is 55.5 Å². The fourth-order valence-electron chi connectivity index (χ4n) is 3.36. The van der Waals surface area contributed by atoms with Crippen molar-refractivity contribution in [1.29, 1.82) is 0 Å². The Morgan fingerprint density at radius 2 is 1.71 bits per heavy atom. The quantitative estimate of drug-likeness (QED) is 0.653. The van der Waals surface area contributed by atoms with Crippen LogP contribution >= 0.6 is 0 Å². The number of rotatable bonds is 4. The standard InChI is InChI=1S/C23H21N3O4S/c1-15-7-11-18(12-8-15)31(29,30)25-20-13-17(10-9-16(20)2)23(28)26-14-22(27)24-19-5-3-4-6-21(19)26/h3-13,25H,14H2,1-2H3,(H,24,27). The summed E-state index contributed by atoms with van der Waals surface area (Å²) in [4.78, 5) is 26.8. The first-order valence-electron chi connectivity index (χ1n) is 9.65. The molecule has 0 unspecified atom stereocenters. The Kier molecular flexibility index (Phi) is 5.24. The highest BCUT2D eigenvalue weighted by molar-refractivity contribution is 7.92. The summed E-state index contributed by atoms with van der Waals surface area (Å²) in [5, 5.41) is 2.75. The molecular formula is C23H21N3O4S. The van der Waals surface area contributed by atoms with Crippen molar-refractivity contribution >= 4 is 38.9 Å². The molecule has 1 heterocycles. The molecule has 2 N–H and O–H groups in total. The third-order valence-electron chi connectivity index (χ3n) is 5.08. The Bertz CT molecular complexity index is 1280. The molecule has 0 saturated carbocycles. The van der Waals surface area contributed by atoms with Gasteiger partial charge in [0, 0.05) is 5.56 Å². The third-order valence-corrected chi connectivity index (χ3v) is 6.46. The van der Waals surface area contributed by atoms with Crippen molar-refractivity contribution in [2.24, 2.45) is 0 Å². The third kappa shape index (κ3) is 4.15. The van der Waals surface area contributed by atoms with Gasteiger partial charge in [0.2, 0.25) is 5.91 Å². The smallest absolute Gasteiger partial charge is 0.261 e. The van der Waals surface area contributed by atoms with Crippen molar-refractivity contribution in [3.8, 4) is 0 Å². The highest BCUT2D eigenvalue weighted by Crippen LogP contribution is 2.31. The number of sulfonamides is 1. The average Bonchev–Trinajstić information content (AvgIpc) is 2.74. The number of hydrogen-bond acceptors (Lipinski definition) is 4. The van der Waals surface area contributed by atoms with Crippen LogP contribution in [0.15, 0.2) is 71.6 Å². The van der Waals surface area contributed by atoms with Gasteiger partial charge in [-0.3, -0.25) is 19.2 Å². The van der Waals surface area contributed by atoms with Crippen LogP contribution in [0, 0.1) is 13.8 Å². The SMILES string of the molecule is Cc1ccc(S(=O)(=O)Nc2cc(C(=O)N3CC(=O)Nc4ccccc43)ccc2C)cc1. The van der Waals surface area contributed by atoms with Gasteiger partial charge in [-0.2, -0.15) is 0 Å². The van der Waals surface area contributed by atoms with Crippen LogP contribution in [0.1, 0.15) is 21.5 Å². The monoisotopic (exact) mass is 435 g/mol. The second kappa shape index (κ2) is 7.88. The average molecular weight is 436 g/mol. The van der Waals surface area contributed by atoms with E-state index in [0.29, 0.717) is 22.6 Å². The number of amides is 2. The fraction of sp³-hybridized carbons (Fsp3) is 0.130. The molecule has 8 heteroatoms. The lowest BCUT2D eigenvalue weighted by Crippen LogP contribution is -2.42. The van der Waals surface area contributed by atoms with Gasteiger partial charge in [0.25, 0.3) is 15.9 Å². The number of nitrogens with zero attached hydrogens (tertiary/aromatic N) is 1. The van der Waals surface area contributed by atoms with E-state index in [4.69, 9.17) is 0 Å². The van der Waals surface area contributed by atoms with Gasteiger partial charge in [0.1, 0.15) is 6.54 Å². The van der Waals surface area contributed by atoms with Crippen molar-refractivity contribution in [1.82, 2.24) is 0 Å². The van der Waals surface area contributed by atoms with E-state index in [0.717, 1.165) is 5.56 Å². The first kappa shape index (κ1) is 20.6. The number of para-hydroxylation sites is 2. The predicted octanol–water partition coefficient (Wildman–Crippen LogP) is 3.70. The van der Waals surface area contributed by atoms with Crippen LogP contribution in [0.4, 0.5) is 17.1 Å². The van der Waals surface area contributed by atoms with Gasteiger partial charge in [0.15, 0.2) is 0 Å². The molecule has 3 aromatic rings. The van der Waals surface area contributed by atoms with Gasteiger partial charge >= 0.3 is 0 Å². The number of carbonyl (C=O) groups is 2. The minimum Gasteiger partial charge on any atom is -0.323 e. The lowest BCUT2D eigenvalue weighted by atomic mass is 10.1. The molecule has 2 amide bonds. The van der Waals surface area contributed by atoms with Crippen LogP contribution in [0.5, 0.6) is 0 Å². The number of nitrogens with one attached hydrogen (secondary N) is 2. The molecule has 31 heavy (non-hydrogen) atoms. The summed E-state index contributed by atoms with van der Waals surface area (Å²) in [5.74, 6) is -0.683. The van der Waals surface area contributed by atoms with Crippen LogP contribution in [-0.2, 0) is 14.8 Å². The highest BCUT2D eigenvalue weighted by atomic mass is 32.2. The predicted molar refractivity (Wildman–Crippen MR) is 120 cm³/mol. The summed E-state index contributed by atoms with van der Waals surface area (Å²) in [7, 11) is -3.82. The number of hydrogen-bond donors (Lipinski definition) is 2. The topological polar surface area (TPSA) is 95.6 Å². The maximum Gasteiger partial charge on any atom is 0.261 e. The van der Waals surface area contributed by atoms with E-state index in [2.05, 4.69) is 10.0 Å². The molecule has 0 spiro atoms. The molecule has 0 atom stereocenters. The number of benzene rings is 3. The second-order valence-electron chi connectivity index (χ2n) is 7.40. The Labute approximate surface area is 180 Å². The molecule has 1 aliphatic rings. The normalized spacial score (nSPS) is 13.4. The number of anilines is 3. The molecule has 0 fully saturated rings. The Balaban J connectivity index is 1.66. The zero-order chi connectivity index (χ0) is 22.2. The first-order valence-corrected chi connectivity index (χ1v) is 11.1. The summed E-state index contributed by atoms with van der Waals surface area (Å²) in [6.45, 7) is 3.51. The van der Waals surface area contributed by atoms with E-state index in [1.165, 1.54) is 23.1 Å². The number of carbonyl (C=O) groups excluding carboxylic acids is 2. The summed E-state index contributed by atoms with van der Waals surface area (Å²) in [6.07, 6.45) is 0. The highest BCUT2D eigenvalue weighted by Gasteiger charge is 2.28. The van der Waals surface area contributed by atoms with Gasteiger partial charge in [-0.1, -0.05) is 35.9 Å². The second-order valence-corrected chi connectivity index (χ2v) is 9.09. The van der Waals surface area contributed by atoms with Gasteiger partial charge in [0.05, 0.1) is 22.0 Å². The van der Waals surface area contributed by atoms with Crippen LogP contribution in [0.3, 0.4) is 0 Å². The number of fused-ring (bicyclic) bond motifs is 1. The maximum absolute atomic E-state index is 13.2. The van der Waals surface area contributed by atoms with Crippen molar-refractivity contribution in [3.63, 3.8) is 0 Å². The van der Waals surface area contributed by atoms with E-state index in [-0.39, 0.29) is 22.9 Å². The molecule has 0 radical (unpaired) electrons. The Morgan fingerprint density at radius 3 is 2.45 bits per heavy atom. The molecule has 4 rings (SSSR count). The van der Waals surface area contributed by atoms with Gasteiger partial charge < -0.3 is 5.32 Å². The van der Waals surface area contributed by atoms with Crippen LogP contribution in [0.25, 0.3) is 0 Å². The lowest BCUT2D eigenvalue weighted by Gasteiger charge is -2.29. The van der Waals surface area contributed by atoms with Crippen LogP contribution in [-0.4, -0.2) is 26.8 Å². The van der Waals surface area contributed by atoms with Crippen molar-refractivity contribution in [3.05, 3.63) is 83.4 Å². The van der Waals surface area contributed by atoms with Crippen molar-refractivity contribution in [2.45, 2.75) is 18.7 Å². The zero-order valence-electron chi connectivity index (χ0n) is 17.0. The van der Waals surface area contributed by atoms with Crippen LogP contribution in [0.2, 0.25) is 0 Å². The van der Waals surface area contributed by atoms with Crippen LogP contribution < -0.4 is 14.9 Å². The van der Waals surface area contributed by atoms with Crippen molar-refractivity contribution in [2.75, 3.05) is 21.5 Å². The molecule has 7 nitrogen and oxygen atoms in total. The Morgan fingerprint density at radius 1 is 1.00 bits per heavy atom. The van der Waals surface area contributed by atoms with Gasteiger partial charge in [-0.05, 0) is 55.8 Å². The molecule has 0 aliphatic carbocycles. The molecular weight excluding hydrogens is 414 g/mol. The lowest BCUT2D eigenvalue weighted by molar-refractivity contribution is -0.115. The molecule has 158 valence electrons. The Hall–Kier alpha value is -3.65. The summed E-state index contributed by atoms with van der Waals surface area (Å²) < 4.78 is 28.2. The summed E-state index contributed by atoms with van der Waals surface area (Å²) in [6, 6.07) is 18.3.